The fraction of sp³-hybridized carbons (Fsp3) is 0.400. The fourth-order valence-electron chi connectivity index (χ4n) is 1.68. The molecule has 0 bridgehead atoms. The van der Waals surface area contributed by atoms with Crippen LogP contribution in [0.1, 0.15) is 10.9 Å². The Balaban J connectivity index is 2.17. The Labute approximate surface area is 92.3 Å². The molecule has 0 aliphatic carbocycles. The largest absolute Gasteiger partial charge is 0.480 e. The first-order chi connectivity index (χ1) is 7.20. The van der Waals surface area contributed by atoms with E-state index in [1.807, 2.05) is 24.1 Å². The van der Waals surface area contributed by atoms with Crippen molar-refractivity contribution in [2.75, 3.05) is 12.8 Å². The minimum atomic E-state index is -0.753. The molecule has 1 aliphatic heterocycles. The van der Waals surface area contributed by atoms with E-state index in [1.165, 1.54) is 0 Å². The van der Waals surface area contributed by atoms with Crippen molar-refractivity contribution in [2.24, 2.45) is 0 Å². The number of carboxylic acids is 1. The quantitative estimate of drug-likeness (QED) is 0.818. The summed E-state index contributed by atoms with van der Waals surface area (Å²) in [6.45, 7) is 0. The van der Waals surface area contributed by atoms with Gasteiger partial charge < -0.3 is 5.11 Å². The highest BCUT2D eigenvalue weighted by molar-refractivity contribution is 7.99. The highest BCUT2D eigenvalue weighted by Gasteiger charge is 2.36. The summed E-state index contributed by atoms with van der Waals surface area (Å²) in [6, 6.07) is 3.46. The van der Waals surface area contributed by atoms with Gasteiger partial charge in [0.15, 0.2) is 0 Å². The van der Waals surface area contributed by atoms with Crippen LogP contribution in [-0.2, 0) is 4.79 Å². The van der Waals surface area contributed by atoms with Gasteiger partial charge in [-0.05, 0) is 18.7 Å². The zero-order valence-corrected chi connectivity index (χ0v) is 9.15. The van der Waals surface area contributed by atoms with Crippen LogP contribution < -0.4 is 0 Å². The Morgan fingerprint density at radius 1 is 1.73 bits per heavy atom. The number of likely N-dealkylation sites (N-methyl/N-ethyl adjacent to an activating group) is 1. The van der Waals surface area contributed by atoms with Gasteiger partial charge in [-0.1, -0.05) is 6.07 Å². The Morgan fingerprint density at radius 2 is 2.53 bits per heavy atom. The van der Waals surface area contributed by atoms with Gasteiger partial charge in [-0.3, -0.25) is 14.7 Å². The van der Waals surface area contributed by atoms with Crippen molar-refractivity contribution in [3.63, 3.8) is 0 Å². The highest BCUT2D eigenvalue weighted by Crippen LogP contribution is 2.39. The molecule has 0 amide bonds. The number of pyridine rings is 1. The average Bonchev–Trinajstić information content (AvgIpc) is 2.61. The molecule has 1 unspecified atom stereocenters. The molecule has 5 heteroatoms. The molecule has 1 N–H and O–H groups in total. The lowest BCUT2D eigenvalue weighted by Gasteiger charge is -2.21. The third-order valence-electron chi connectivity index (χ3n) is 2.53. The monoisotopic (exact) mass is 224 g/mol. The standard InChI is InChI=1S/C10H12N2O2S/c1-12-8(10(13)14)6-15-9(12)7-3-2-4-11-5-7/h2-5,8-9H,6H2,1H3,(H,13,14)/t8-,9?/m0/s1. The number of hydrogen-bond donors (Lipinski definition) is 1. The molecule has 1 aromatic rings. The number of rotatable bonds is 2. The third kappa shape index (κ3) is 1.98. The number of carboxylic acid groups (broad SMARTS) is 1. The van der Waals surface area contributed by atoms with E-state index in [1.54, 1.807) is 24.2 Å². The predicted molar refractivity (Wildman–Crippen MR) is 58.6 cm³/mol. The summed E-state index contributed by atoms with van der Waals surface area (Å²) < 4.78 is 0. The molecule has 0 saturated carbocycles. The number of nitrogens with zero attached hydrogens (tertiary/aromatic N) is 2. The van der Waals surface area contributed by atoms with E-state index in [-0.39, 0.29) is 11.4 Å². The maximum absolute atomic E-state index is 10.9. The summed E-state index contributed by atoms with van der Waals surface area (Å²) in [4.78, 5) is 16.8. The second-order valence-corrected chi connectivity index (χ2v) is 4.60. The normalized spacial score (nSPS) is 26.7. The lowest BCUT2D eigenvalue weighted by atomic mass is 10.2. The SMILES string of the molecule is CN1C(c2cccnc2)SC[C@H]1C(=O)O. The van der Waals surface area contributed by atoms with Gasteiger partial charge in [-0.15, -0.1) is 11.8 Å². The number of aromatic nitrogens is 1. The zero-order chi connectivity index (χ0) is 10.8. The molecule has 2 heterocycles. The van der Waals surface area contributed by atoms with E-state index < -0.39 is 5.97 Å². The molecular weight excluding hydrogens is 212 g/mol. The molecule has 0 radical (unpaired) electrons. The summed E-state index contributed by atoms with van der Waals surface area (Å²) in [5, 5.41) is 9.09. The molecule has 2 atom stereocenters. The van der Waals surface area contributed by atoms with Gasteiger partial charge in [0.05, 0.1) is 5.37 Å². The molecule has 1 aromatic heterocycles. The molecule has 1 fully saturated rings. The zero-order valence-electron chi connectivity index (χ0n) is 8.33. The first-order valence-electron chi connectivity index (χ1n) is 4.66. The van der Waals surface area contributed by atoms with Crippen LogP contribution in [0.2, 0.25) is 0 Å². The van der Waals surface area contributed by atoms with Crippen LogP contribution >= 0.6 is 11.8 Å². The van der Waals surface area contributed by atoms with Gasteiger partial charge in [-0.2, -0.15) is 0 Å². The van der Waals surface area contributed by atoms with E-state index in [0.717, 1.165) is 5.56 Å². The van der Waals surface area contributed by atoms with Crippen LogP contribution in [0.5, 0.6) is 0 Å². The number of aliphatic carboxylic acids is 1. The lowest BCUT2D eigenvalue weighted by molar-refractivity contribution is -0.141. The summed E-state index contributed by atoms with van der Waals surface area (Å²) >= 11 is 1.65. The Kier molecular flexibility index (Phi) is 2.93. The molecule has 0 spiro atoms. The van der Waals surface area contributed by atoms with Crippen LogP contribution in [0.4, 0.5) is 0 Å². The summed E-state index contributed by atoms with van der Waals surface area (Å²) in [6.07, 6.45) is 3.51. The van der Waals surface area contributed by atoms with Crippen LogP contribution in [0.25, 0.3) is 0 Å². The Hall–Kier alpha value is -1.07. The molecule has 2 rings (SSSR count). The Bertz CT molecular complexity index is 358. The van der Waals surface area contributed by atoms with Gasteiger partial charge in [0.25, 0.3) is 0 Å². The first-order valence-corrected chi connectivity index (χ1v) is 5.71. The van der Waals surface area contributed by atoms with Gasteiger partial charge >= 0.3 is 5.97 Å². The van der Waals surface area contributed by atoms with Crippen LogP contribution in [-0.4, -0.2) is 39.8 Å². The van der Waals surface area contributed by atoms with Gasteiger partial charge in [0.2, 0.25) is 0 Å². The van der Waals surface area contributed by atoms with Gasteiger partial charge in [0, 0.05) is 18.1 Å². The molecule has 80 valence electrons. The molecule has 4 nitrogen and oxygen atoms in total. The smallest absolute Gasteiger partial charge is 0.321 e. The number of thioether (sulfide) groups is 1. The van der Waals surface area contributed by atoms with E-state index in [0.29, 0.717) is 5.75 Å². The molecule has 1 saturated heterocycles. The lowest BCUT2D eigenvalue weighted by Crippen LogP contribution is -2.35. The number of carbonyl (C=O) groups is 1. The van der Waals surface area contributed by atoms with Crippen molar-refractivity contribution < 1.29 is 9.90 Å². The Morgan fingerprint density at radius 3 is 3.07 bits per heavy atom. The van der Waals surface area contributed by atoms with Crippen molar-refractivity contribution in [3.05, 3.63) is 30.1 Å². The fourth-order valence-corrected chi connectivity index (χ4v) is 3.14. The topological polar surface area (TPSA) is 53.4 Å². The number of hydrogen-bond acceptors (Lipinski definition) is 4. The second-order valence-electron chi connectivity index (χ2n) is 3.49. The van der Waals surface area contributed by atoms with E-state index in [2.05, 4.69) is 4.98 Å². The van der Waals surface area contributed by atoms with Crippen LogP contribution in [0, 0.1) is 0 Å². The maximum Gasteiger partial charge on any atom is 0.321 e. The summed E-state index contributed by atoms with van der Waals surface area (Å²) in [7, 11) is 1.84. The van der Waals surface area contributed by atoms with E-state index >= 15 is 0 Å². The van der Waals surface area contributed by atoms with Crippen molar-refractivity contribution in [2.45, 2.75) is 11.4 Å². The second kappa shape index (κ2) is 4.20. The first kappa shape index (κ1) is 10.4. The van der Waals surface area contributed by atoms with E-state index in [9.17, 15) is 4.79 Å². The van der Waals surface area contributed by atoms with Crippen molar-refractivity contribution in [1.29, 1.82) is 0 Å². The highest BCUT2D eigenvalue weighted by atomic mass is 32.2. The van der Waals surface area contributed by atoms with Crippen molar-refractivity contribution in [3.8, 4) is 0 Å². The molecular formula is C10H12N2O2S. The van der Waals surface area contributed by atoms with Crippen LogP contribution in [0.15, 0.2) is 24.5 Å². The van der Waals surface area contributed by atoms with Gasteiger partial charge in [0.1, 0.15) is 6.04 Å². The van der Waals surface area contributed by atoms with Crippen molar-refractivity contribution >= 4 is 17.7 Å². The van der Waals surface area contributed by atoms with Gasteiger partial charge in [-0.25, -0.2) is 0 Å². The van der Waals surface area contributed by atoms with Crippen LogP contribution in [0.3, 0.4) is 0 Å². The third-order valence-corrected chi connectivity index (χ3v) is 3.96. The molecule has 15 heavy (non-hydrogen) atoms. The molecule has 1 aliphatic rings. The minimum absolute atomic E-state index is 0.111. The minimum Gasteiger partial charge on any atom is -0.480 e. The predicted octanol–water partition coefficient (Wildman–Crippen LogP) is 1.21. The maximum atomic E-state index is 10.9. The van der Waals surface area contributed by atoms with E-state index in [4.69, 9.17) is 5.11 Å². The van der Waals surface area contributed by atoms with Crippen molar-refractivity contribution in [1.82, 2.24) is 9.88 Å². The summed E-state index contributed by atoms with van der Waals surface area (Å²) in [5.74, 6) is -0.123. The molecule has 0 aromatic carbocycles. The summed E-state index contributed by atoms with van der Waals surface area (Å²) in [5.41, 5.74) is 1.06. The average molecular weight is 224 g/mol.